The van der Waals surface area contributed by atoms with E-state index >= 15 is 4.39 Å². The molecule has 0 aromatic heterocycles. The number of nitrogens with zero attached hydrogens (tertiary/aromatic N) is 2. The quantitative estimate of drug-likeness (QED) is 0.277. The lowest BCUT2D eigenvalue weighted by Gasteiger charge is -2.54. The highest BCUT2D eigenvalue weighted by molar-refractivity contribution is 5.94. The topological polar surface area (TPSA) is 84.6 Å². The Kier molecular flexibility index (Phi) is 8.29. The minimum absolute atomic E-state index is 0.0567. The van der Waals surface area contributed by atoms with Crippen molar-refractivity contribution in [1.82, 2.24) is 4.90 Å². The fourth-order valence-corrected chi connectivity index (χ4v) is 8.67. The maximum Gasteiger partial charge on any atom is 0.254 e. The number of carbonyl (C=O) groups excluding carboxylic acids is 1. The minimum Gasteiger partial charge on any atom is -0.508 e. The molecule has 3 aromatic carbocycles. The molecule has 1 amide bonds. The van der Waals surface area contributed by atoms with Crippen molar-refractivity contribution >= 4 is 5.91 Å². The zero-order valence-corrected chi connectivity index (χ0v) is 24.8. The van der Waals surface area contributed by atoms with Gasteiger partial charge in [0.05, 0.1) is 17.7 Å². The van der Waals surface area contributed by atoms with Crippen molar-refractivity contribution in [1.29, 1.82) is 5.26 Å². The van der Waals surface area contributed by atoms with Crippen molar-refractivity contribution in [2.24, 2.45) is 23.2 Å². The van der Waals surface area contributed by atoms with Crippen LogP contribution in [0.3, 0.4) is 0 Å². The molecule has 7 atom stereocenters. The third kappa shape index (κ3) is 5.68. The molecule has 3 aliphatic rings. The molecule has 6 heteroatoms. The Morgan fingerprint density at radius 3 is 2.58 bits per heavy atom. The van der Waals surface area contributed by atoms with Crippen LogP contribution in [0.4, 0.5) is 4.39 Å². The van der Waals surface area contributed by atoms with Crippen molar-refractivity contribution in [2.45, 2.75) is 76.6 Å². The number of phenolic OH excluding ortho intramolecular Hbond substituents is 1. The van der Waals surface area contributed by atoms with E-state index in [1.165, 1.54) is 0 Å². The number of hydrogen-bond donors (Lipinski definition) is 2. The number of aliphatic hydroxyl groups is 1. The summed E-state index contributed by atoms with van der Waals surface area (Å²) in [5.74, 6) is 0.650. The maximum absolute atomic E-state index is 16.1. The molecule has 6 unspecified atom stereocenters. The van der Waals surface area contributed by atoms with Crippen LogP contribution >= 0.6 is 0 Å². The SMILES string of the molecule is C[C@]12CC(F)C3c4ccc(O)cc4CC(CCCCN(Cc4ccccc4)C(=O)c4ccc(C#N)cc4)C3C1CCC2O. The lowest BCUT2D eigenvalue weighted by atomic mass is 9.51. The number of benzene rings is 3. The highest BCUT2D eigenvalue weighted by Crippen LogP contribution is 2.63. The number of alkyl halides is 1. The Morgan fingerprint density at radius 1 is 1.07 bits per heavy atom. The molecule has 5 nitrogen and oxygen atoms in total. The summed E-state index contributed by atoms with van der Waals surface area (Å²) in [5.41, 5.74) is 3.85. The summed E-state index contributed by atoms with van der Waals surface area (Å²) in [4.78, 5) is 15.5. The lowest BCUT2D eigenvalue weighted by molar-refractivity contribution is -0.0722. The van der Waals surface area contributed by atoms with E-state index < -0.39 is 17.7 Å². The van der Waals surface area contributed by atoms with Crippen LogP contribution in [0.25, 0.3) is 0 Å². The molecule has 2 saturated carbocycles. The van der Waals surface area contributed by atoms with Gasteiger partial charge in [-0.15, -0.1) is 0 Å². The van der Waals surface area contributed by atoms with E-state index in [9.17, 15) is 15.0 Å². The van der Waals surface area contributed by atoms with Crippen LogP contribution < -0.4 is 0 Å². The molecular weight excluding hydrogens is 539 g/mol. The molecule has 0 bridgehead atoms. The standard InChI is InChI=1S/C37H41FN2O3/c1-37-21-32(38)35-30-15-14-29(41)20-28(30)19-27(34(35)31(37)16-17-33(37)42)9-5-6-18-40(23-25-7-3-2-4-8-25)36(43)26-12-10-24(22-39)11-13-26/h2-4,7-8,10-15,20,27,31-35,41-42H,5-6,9,16-19,21,23H2,1H3/t27?,31?,32?,33?,34?,35?,37-/m0/s1. The van der Waals surface area contributed by atoms with Gasteiger partial charge in [-0.2, -0.15) is 5.26 Å². The average Bonchev–Trinajstić information content (AvgIpc) is 3.31. The molecule has 3 aliphatic carbocycles. The highest BCUT2D eigenvalue weighted by atomic mass is 19.1. The number of rotatable bonds is 8. The van der Waals surface area contributed by atoms with Gasteiger partial charge in [0.25, 0.3) is 5.91 Å². The first kappa shape index (κ1) is 29.4. The van der Waals surface area contributed by atoms with Crippen LogP contribution in [0.15, 0.2) is 72.8 Å². The number of phenols is 1. The van der Waals surface area contributed by atoms with Crippen LogP contribution in [-0.2, 0) is 13.0 Å². The van der Waals surface area contributed by atoms with Crippen molar-refractivity contribution in [3.05, 3.63) is 101 Å². The number of hydrogen-bond acceptors (Lipinski definition) is 4. The molecule has 2 fully saturated rings. The van der Waals surface area contributed by atoms with Gasteiger partial charge in [-0.25, -0.2) is 4.39 Å². The van der Waals surface area contributed by atoms with Crippen molar-refractivity contribution in [3.8, 4) is 11.8 Å². The number of halogens is 1. The smallest absolute Gasteiger partial charge is 0.254 e. The summed E-state index contributed by atoms with van der Waals surface area (Å²) in [6.45, 7) is 3.19. The molecule has 0 radical (unpaired) electrons. The molecule has 43 heavy (non-hydrogen) atoms. The van der Waals surface area contributed by atoms with Crippen molar-refractivity contribution in [3.63, 3.8) is 0 Å². The number of unbranched alkanes of at least 4 members (excludes halogenated alkanes) is 1. The van der Waals surface area contributed by atoms with E-state index in [0.29, 0.717) is 30.6 Å². The van der Waals surface area contributed by atoms with E-state index in [1.807, 2.05) is 47.4 Å². The molecule has 0 aliphatic heterocycles. The van der Waals surface area contributed by atoms with Gasteiger partial charge in [0.15, 0.2) is 0 Å². The van der Waals surface area contributed by atoms with E-state index in [1.54, 1.807) is 30.3 Å². The van der Waals surface area contributed by atoms with Gasteiger partial charge in [0.2, 0.25) is 0 Å². The molecule has 2 N–H and O–H groups in total. The summed E-state index contributed by atoms with van der Waals surface area (Å²) < 4.78 is 16.1. The lowest BCUT2D eigenvalue weighted by Crippen LogP contribution is -2.51. The van der Waals surface area contributed by atoms with Gasteiger partial charge in [-0.1, -0.05) is 49.7 Å². The molecule has 0 saturated heterocycles. The zero-order valence-electron chi connectivity index (χ0n) is 24.8. The van der Waals surface area contributed by atoms with Crippen LogP contribution in [0.1, 0.15) is 84.0 Å². The second-order valence-electron chi connectivity index (χ2n) is 13.3. The van der Waals surface area contributed by atoms with Crippen LogP contribution in [-0.4, -0.2) is 39.8 Å². The minimum atomic E-state index is -1.02. The van der Waals surface area contributed by atoms with Gasteiger partial charge < -0.3 is 15.1 Å². The average molecular weight is 581 g/mol. The first-order valence-corrected chi connectivity index (χ1v) is 15.8. The number of aliphatic hydroxyl groups excluding tert-OH is 1. The predicted octanol–water partition coefficient (Wildman–Crippen LogP) is 7.17. The summed E-state index contributed by atoms with van der Waals surface area (Å²) in [5, 5.41) is 30.3. The summed E-state index contributed by atoms with van der Waals surface area (Å²) in [7, 11) is 0. The van der Waals surface area contributed by atoms with Gasteiger partial charge in [-0.3, -0.25) is 4.79 Å². The molecule has 3 aromatic rings. The number of fused-ring (bicyclic) bond motifs is 5. The fourth-order valence-electron chi connectivity index (χ4n) is 8.67. The summed E-state index contributed by atoms with van der Waals surface area (Å²) in [6.07, 6.45) is 4.01. The summed E-state index contributed by atoms with van der Waals surface area (Å²) in [6, 6.07) is 24.3. The fraction of sp³-hybridized carbons (Fsp3) is 0.459. The molecule has 0 heterocycles. The number of aromatic hydroxyl groups is 1. The summed E-state index contributed by atoms with van der Waals surface area (Å²) >= 11 is 0. The molecule has 224 valence electrons. The largest absolute Gasteiger partial charge is 0.508 e. The van der Waals surface area contributed by atoms with Gasteiger partial charge >= 0.3 is 0 Å². The molecular formula is C37H41FN2O3. The number of nitriles is 1. The van der Waals surface area contributed by atoms with Crippen molar-refractivity contribution < 1.29 is 19.4 Å². The zero-order chi connectivity index (χ0) is 30.1. The Hall–Kier alpha value is -3.69. The Balaban J connectivity index is 1.19. The third-order valence-electron chi connectivity index (χ3n) is 10.8. The normalized spacial score (nSPS) is 29.2. The van der Waals surface area contributed by atoms with Crippen LogP contribution in [0, 0.1) is 34.5 Å². The number of carbonyl (C=O) groups is 1. The van der Waals surface area contributed by atoms with Crippen molar-refractivity contribution in [2.75, 3.05) is 6.54 Å². The van der Waals surface area contributed by atoms with Crippen LogP contribution in [0.5, 0.6) is 5.75 Å². The van der Waals surface area contributed by atoms with Gasteiger partial charge in [-0.05, 0) is 115 Å². The first-order chi connectivity index (χ1) is 20.8. The third-order valence-corrected chi connectivity index (χ3v) is 10.8. The first-order valence-electron chi connectivity index (χ1n) is 15.8. The van der Waals surface area contributed by atoms with Gasteiger partial charge in [0, 0.05) is 24.6 Å². The Labute approximate surface area is 254 Å². The Morgan fingerprint density at radius 2 is 1.84 bits per heavy atom. The Bertz CT molecular complexity index is 1490. The predicted molar refractivity (Wildman–Crippen MR) is 164 cm³/mol. The monoisotopic (exact) mass is 580 g/mol. The second kappa shape index (κ2) is 12.1. The van der Waals surface area contributed by atoms with E-state index in [-0.39, 0.29) is 35.3 Å². The maximum atomic E-state index is 16.1. The second-order valence-corrected chi connectivity index (χ2v) is 13.3. The van der Waals surface area contributed by atoms with Gasteiger partial charge in [0.1, 0.15) is 11.9 Å². The van der Waals surface area contributed by atoms with Crippen LogP contribution in [0.2, 0.25) is 0 Å². The number of amides is 1. The van der Waals surface area contributed by atoms with E-state index in [0.717, 1.165) is 55.2 Å². The highest BCUT2D eigenvalue weighted by Gasteiger charge is 2.59. The van der Waals surface area contributed by atoms with E-state index in [2.05, 4.69) is 13.0 Å². The molecule has 6 rings (SSSR count). The molecule has 0 spiro atoms. The van der Waals surface area contributed by atoms with E-state index in [4.69, 9.17) is 5.26 Å².